The summed E-state index contributed by atoms with van der Waals surface area (Å²) in [6, 6.07) is 11.1. The molecule has 0 atom stereocenters. The van der Waals surface area contributed by atoms with E-state index in [2.05, 4.69) is 17.0 Å². The molecule has 2 bridgehead atoms. The number of nitrogens with zero attached hydrogens (tertiary/aromatic N) is 1. The van der Waals surface area contributed by atoms with Gasteiger partial charge in [0.2, 0.25) is 0 Å². The molecule has 0 radical (unpaired) electrons. The first-order valence-electron chi connectivity index (χ1n) is 8.39. The lowest BCUT2D eigenvalue weighted by atomic mass is 9.83. The standard InChI is InChI=1S/C21H16FNO/c22-20-10-17(18-9-19(20)21(18)24)13-6-3-7-16(8-13)23-11-14-4-1-2-5-15(14)12-23/h3,6-12H,1-2,4-5H2. The zero-order valence-electron chi connectivity index (χ0n) is 13.2. The van der Waals surface area contributed by atoms with Crippen molar-refractivity contribution in [3.8, 4) is 16.8 Å². The van der Waals surface area contributed by atoms with Crippen LogP contribution in [0.25, 0.3) is 16.8 Å². The SMILES string of the molecule is O=C1c2cc1c(-c1cccc(-n3cc4c(c3)CCCC4)c1)cc2F. The smallest absolute Gasteiger partial charge is 0.196 e. The Hall–Kier alpha value is -2.68. The van der Waals surface area contributed by atoms with Crippen LogP contribution >= 0.6 is 0 Å². The third kappa shape index (κ3) is 1.91. The molecular formula is C21H16FNO. The summed E-state index contributed by atoms with van der Waals surface area (Å²) in [4.78, 5) is 11.9. The van der Waals surface area contributed by atoms with Gasteiger partial charge in [-0.1, -0.05) is 12.1 Å². The molecule has 3 heteroatoms. The molecule has 0 amide bonds. The van der Waals surface area contributed by atoms with Crippen molar-refractivity contribution in [3.63, 3.8) is 0 Å². The van der Waals surface area contributed by atoms with Gasteiger partial charge >= 0.3 is 0 Å². The summed E-state index contributed by atoms with van der Waals surface area (Å²) in [6.45, 7) is 0. The van der Waals surface area contributed by atoms with Crippen molar-refractivity contribution in [2.24, 2.45) is 0 Å². The highest BCUT2D eigenvalue weighted by molar-refractivity contribution is 6.20. The van der Waals surface area contributed by atoms with E-state index in [0.717, 1.165) is 24.1 Å². The molecule has 0 fully saturated rings. The van der Waals surface area contributed by atoms with Gasteiger partial charge in [0, 0.05) is 23.6 Å². The number of hydrogen-bond acceptors (Lipinski definition) is 1. The molecule has 6 rings (SSSR count). The third-order valence-corrected chi connectivity index (χ3v) is 5.20. The van der Waals surface area contributed by atoms with Gasteiger partial charge in [-0.2, -0.15) is 0 Å². The Labute approximate surface area is 139 Å². The minimum Gasteiger partial charge on any atom is -0.323 e. The van der Waals surface area contributed by atoms with Crippen LogP contribution in [0.2, 0.25) is 0 Å². The summed E-state index contributed by atoms with van der Waals surface area (Å²) in [6.07, 6.45) is 9.22. The molecule has 0 saturated heterocycles. The molecule has 0 saturated carbocycles. The monoisotopic (exact) mass is 317 g/mol. The summed E-state index contributed by atoms with van der Waals surface area (Å²) in [5.74, 6) is -0.598. The molecule has 0 unspecified atom stereocenters. The highest BCUT2D eigenvalue weighted by atomic mass is 19.1. The number of halogens is 1. The van der Waals surface area contributed by atoms with Crippen LogP contribution in [0.4, 0.5) is 4.39 Å². The first-order chi connectivity index (χ1) is 11.7. The predicted octanol–water partition coefficient (Wildman–Crippen LogP) is 4.71. The van der Waals surface area contributed by atoms with Gasteiger partial charge in [-0.3, -0.25) is 4.79 Å². The van der Waals surface area contributed by atoms with Crippen molar-refractivity contribution >= 4 is 5.78 Å². The fourth-order valence-electron chi connectivity index (χ4n) is 3.84. The minimum absolute atomic E-state index is 0.174. The molecule has 0 aliphatic heterocycles. The lowest BCUT2D eigenvalue weighted by molar-refractivity contribution is 0.102. The van der Waals surface area contributed by atoms with E-state index >= 15 is 0 Å². The summed E-state index contributed by atoms with van der Waals surface area (Å²) >= 11 is 0. The Kier molecular flexibility index (Phi) is 2.81. The highest BCUT2D eigenvalue weighted by Crippen LogP contribution is 2.36. The largest absolute Gasteiger partial charge is 0.323 e. The average molecular weight is 317 g/mol. The van der Waals surface area contributed by atoms with E-state index in [4.69, 9.17) is 0 Å². The number of rotatable bonds is 2. The maximum absolute atomic E-state index is 13.9. The van der Waals surface area contributed by atoms with E-state index in [9.17, 15) is 9.18 Å². The Bertz CT molecular complexity index is 976. The molecule has 24 heavy (non-hydrogen) atoms. The molecule has 2 nitrogen and oxygen atoms in total. The van der Waals surface area contributed by atoms with Crippen LogP contribution in [-0.4, -0.2) is 10.4 Å². The van der Waals surface area contributed by atoms with Crippen LogP contribution in [0.1, 0.15) is 39.9 Å². The van der Waals surface area contributed by atoms with Gasteiger partial charge in [-0.15, -0.1) is 0 Å². The Morgan fingerprint density at radius 3 is 2.29 bits per heavy atom. The maximum atomic E-state index is 13.9. The van der Waals surface area contributed by atoms with Crippen molar-refractivity contribution in [1.82, 2.24) is 4.57 Å². The van der Waals surface area contributed by atoms with Gasteiger partial charge in [0.15, 0.2) is 5.78 Å². The quantitative estimate of drug-likeness (QED) is 0.525. The van der Waals surface area contributed by atoms with Crippen molar-refractivity contribution < 1.29 is 9.18 Å². The molecule has 1 aromatic heterocycles. The Balaban J connectivity index is 1.59. The normalized spacial score (nSPS) is 15.1. The average Bonchev–Trinajstić information content (AvgIpc) is 3.04. The van der Waals surface area contributed by atoms with Crippen LogP contribution in [0.15, 0.2) is 48.8 Å². The Morgan fingerprint density at radius 2 is 1.62 bits per heavy atom. The first-order valence-corrected chi connectivity index (χ1v) is 8.39. The predicted molar refractivity (Wildman–Crippen MR) is 91.2 cm³/mol. The number of carbonyl (C=O) groups is 1. The number of ketones is 1. The fraction of sp³-hybridized carbons (Fsp3) is 0.190. The number of carbonyl (C=O) groups excluding carboxylic acids is 1. The second kappa shape index (κ2) is 4.91. The molecule has 0 spiro atoms. The third-order valence-electron chi connectivity index (χ3n) is 5.20. The summed E-state index contributed by atoms with van der Waals surface area (Å²) in [7, 11) is 0. The zero-order chi connectivity index (χ0) is 16.3. The van der Waals surface area contributed by atoms with E-state index in [1.807, 2.05) is 24.3 Å². The number of benzene rings is 2. The molecule has 0 N–H and O–H groups in total. The minimum atomic E-state index is -0.424. The second-order valence-electron chi connectivity index (χ2n) is 6.68. The van der Waals surface area contributed by atoms with Crippen LogP contribution in [0, 0.1) is 5.82 Å². The van der Waals surface area contributed by atoms with E-state index in [0.29, 0.717) is 11.1 Å². The topological polar surface area (TPSA) is 22.0 Å². The van der Waals surface area contributed by atoms with Crippen LogP contribution < -0.4 is 0 Å². The van der Waals surface area contributed by atoms with Gasteiger partial charge in [-0.25, -0.2) is 4.39 Å². The van der Waals surface area contributed by atoms with Gasteiger partial charge in [-0.05, 0) is 72.2 Å². The van der Waals surface area contributed by atoms with Crippen molar-refractivity contribution in [3.05, 3.63) is 76.9 Å². The van der Waals surface area contributed by atoms with Gasteiger partial charge < -0.3 is 4.57 Å². The van der Waals surface area contributed by atoms with Crippen molar-refractivity contribution in [2.75, 3.05) is 0 Å². The van der Waals surface area contributed by atoms with Gasteiger partial charge in [0.1, 0.15) is 5.82 Å². The van der Waals surface area contributed by atoms with Crippen LogP contribution in [0.3, 0.4) is 0 Å². The molecule has 118 valence electrons. The lowest BCUT2D eigenvalue weighted by Crippen LogP contribution is -2.17. The maximum Gasteiger partial charge on any atom is 0.196 e. The van der Waals surface area contributed by atoms with Crippen LogP contribution in [-0.2, 0) is 12.8 Å². The van der Waals surface area contributed by atoms with E-state index in [1.54, 1.807) is 6.07 Å². The number of aromatic nitrogens is 1. The van der Waals surface area contributed by atoms with Gasteiger partial charge in [0.25, 0.3) is 0 Å². The summed E-state index contributed by atoms with van der Waals surface area (Å²) in [5, 5.41) is 0. The first kappa shape index (κ1) is 13.7. The van der Waals surface area contributed by atoms with E-state index in [-0.39, 0.29) is 11.3 Å². The molecular weight excluding hydrogens is 301 g/mol. The lowest BCUT2D eigenvalue weighted by Gasteiger charge is -2.19. The second-order valence-corrected chi connectivity index (χ2v) is 6.68. The molecule has 2 aromatic carbocycles. The number of fused-ring (bicyclic) bond motifs is 3. The molecule has 3 aliphatic carbocycles. The Morgan fingerprint density at radius 1 is 0.875 bits per heavy atom. The van der Waals surface area contributed by atoms with Crippen LogP contribution in [0.5, 0.6) is 0 Å². The zero-order valence-corrected chi connectivity index (χ0v) is 13.2. The fourth-order valence-corrected chi connectivity index (χ4v) is 3.84. The summed E-state index contributed by atoms with van der Waals surface area (Å²) < 4.78 is 16.1. The molecule has 3 aliphatic rings. The number of hydrogen-bond donors (Lipinski definition) is 0. The number of aryl methyl sites for hydroxylation is 2. The summed E-state index contributed by atoms with van der Waals surface area (Å²) in [5.41, 5.74) is 6.31. The van der Waals surface area contributed by atoms with E-state index in [1.165, 1.54) is 30.0 Å². The van der Waals surface area contributed by atoms with Gasteiger partial charge in [0.05, 0.1) is 5.56 Å². The van der Waals surface area contributed by atoms with Crippen molar-refractivity contribution in [1.29, 1.82) is 0 Å². The van der Waals surface area contributed by atoms with Crippen molar-refractivity contribution in [2.45, 2.75) is 25.7 Å². The highest BCUT2D eigenvalue weighted by Gasteiger charge is 2.29. The molecule has 1 heterocycles. The molecule has 3 aromatic rings. The van der Waals surface area contributed by atoms with E-state index < -0.39 is 5.82 Å².